The minimum Gasteiger partial charge on any atom is -0.494 e. The zero-order chi connectivity index (χ0) is 13.7. The van der Waals surface area contributed by atoms with Crippen LogP contribution in [-0.2, 0) is 0 Å². The van der Waals surface area contributed by atoms with Crippen LogP contribution >= 0.6 is 15.9 Å². The molecule has 0 bridgehead atoms. The van der Waals surface area contributed by atoms with Gasteiger partial charge in [-0.2, -0.15) is 0 Å². The first-order chi connectivity index (χ1) is 9.22. The molecule has 19 heavy (non-hydrogen) atoms. The van der Waals surface area contributed by atoms with E-state index in [1.807, 2.05) is 31.2 Å². The van der Waals surface area contributed by atoms with E-state index in [1.54, 1.807) is 18.2 Å². The molecule has 4 heteroatoms. The van der Waals surface area contributed by atoms with Gasteiger partial charge in [0.15, 0.2) is 6.29 Å². The molecule has 0 aliphatic rings. The van der Waals surface area contributed by atoms with Gasteiger partial charge in [-0.1, -0.05) is 0 Å². The van der Waals surface area contributed by atoms with E-state index in [1.165, 1.54) is 0 Å². The van der Waals surface area contributed by atoms with Crippen molar-refractivity contribution in [1.82, 2.24) is 0 Å². The first-order valence-electron chi connectivity index (χ1n) is 5.88. The molecule has 0 N–H and O–H groups in total. The summed E-state index contributed by atoms with van der Waals surface area (Å²) in [4.78, 5) is 10.7. The molecule has 0 saturated heterocycles. The molecule has 0 heterocycles. The van der Waals surface area contributed by atoms with Gasteiger partial charge in [0.1, 0.15) is 17.2 Å². The Morgan fingerprint density at radius 3 is 2.26 bits per heavy atom. The Bertz CT molecular complexity index is 564. The van der Waals surface area contributed by atoms with Crippen LogP contribution in [0.25, 0.3) is 0 Å². The lowest BCUT2D eigenvalue weighted by Crippen LogP contribution is -1.91. The molecule has 2 rings (SSSR count). The summed E-state index contributed by atoms with van der Waals surface area (Å²) in [6.07, 6.45) is 0.796. The number of ether oxygens (including phenoxy) is 2. The third kappa shape index (κ3) is 3.58. The van der Waals surface area contributed by atoms with Crippen LogP contribution in [0.2, 0.25) is 0 Å². The number of halogens is 1. The molecule has 0 radical (unpaired) electrons. The molecule has 2 aromatic carbocycles. The molecular formula is C15H13BrO3. The summed E-state index contributed by atoms with van der Waals surface area (Å²) >= 11 is 3.32. The van der Waals surface area contributed by atoms with E-state index < -0.39 is 0 Å². The Morgan fingerprint density at radius 1 is 1.05 bits per heavy atom. The first kappa shape index (κ1) is 13.6. The van der Waals surface area contributed by atoms with Gasteiger partial charge in [0.25, 0.3) is 0 Å². The molecule has 0 atom stereocenters. The van der Waals surface area contributed by atoms with Gasteiger partial charge in [-0.15, -0.1) is 0 Å². The lowest BCUT2D eigenvalue weighted by Gasteiger charge is -2.08. The van der Waals surface area contributed by atoms with Crippen LogP contribution < -0.4 is 9.47 Å². The Balaban J connectivity index is 2.12. The minimum absolute atomic E-state index is 0.596. The molecule has 0 unspecified atom stereocenters. The van der Waals surface area contributed by atoms with Crippen molar-refractivity contribution in [3.8, 4) is 17.2 Å². The van der Waals surface area contributed by atoms with Crippen molar-refractivity contribution in [2.75, 3.05) is 6.61 Å². The molecule has 98 valence electrons. The van der Waals surface area contributed by atoms with E-state index >= 15 is 0 Å². The Morgan fingerprint density at radius 2 is 1.68 bits per heavy atom. The van der Waals surface area contributed by atoms with Crippen LogP contribution in [0.3, 0.4) is 0 Å². The highest BCUT2D eigenvalue weighted by Gasteiger charge is 2.03. The summed E-state index contributed by atoms with van der Waals surface area (Å²) in [6, 6.07) is 12.6. The summed E-state index contributed by atoms with van der Waals surface area (Å²) in [5.41, 5.74) is 0.596. The number of aldehydes is 1. The highest BCUT2D eigenvalue weighted by molar-refractivity contribution is 9.10. The smallest absolute Gasteiger partial charge is 0.151 e. The van der Waals surface area contributed by atoms with Gasteiger partial charge < -0.3 is 9.47 Å². The van der Waals surface area contributed by atoms with Crippen molar-refractivity contribution in [1.29, 1.82) is 0 Å². The maximum Gasteiger partial charge on any atom is 0.151 e. The monoisotopic (exact) mass is 320 g/mol. The van der Waals surface area contributed by atoms with Crippen LogP contribution in [-0.4, -0.2) is 12.9 Å². The Kier molecular flexibility index (Phi) is 4.58. The molecular weight excluding hydrogens is 308 g/mol. The molecule has 0 saturated carbocycles. The van der Waals surface area contributed by atoms with Crippen LogP contribution in [0.4, 0.5) is 0 Å². The zero-order valence-corrected chi connectivity index (χ0v) is 12.0. The number of benzene rings is 2. The molecule has 0 fully saturated rings. The van der Waals surface area contributed by atoms with Gasteiger partial charge in [-0.25, -0.2) is 0 Å². The number of carbonyl (C=O) groups excluding carboxylic acids is 1. The summed E-state index contributed by atoms with van der Waals surface area (Å²) in [5, 5.41) is 0. The van der Waals surface area contributed by atoms with Gasteiger partial charge in [-0.3, -0.25) is 4.79 Å². The molecule has 0 amide bonds. The second-order valence-electron chi connectivity index (χ2n) is 3.81. The van der Waals surface area contributed by atoms with Crippen molar-refractivity contribution >= 4 is 22.2 Å². The largest absolute Gasteiger partial charge is 0.494 e. The molecule has 0 aromatic heterocycles. The number of rotatable bonds is 5. The topological polar surface area (TPSA) is 35.5 Å². The van der Waals surface area contributed by atoms with Gasteiger partial charge >= 0.3 is 0 Å². The maximum absolute atomic E-state index is 10.7. The Hall–Kier alpha value is -1.81. The SMILES string of the molecule is CCOc1ccc(Oc2ccc(C=O)c(Br)c2)cc1. The van der Waals surface area contributed by atoms with Gasteiger partial charge in [0.2, 0.25) is 0 Å². The van der Waals surface area contributed by atoms with Crippen molar-refractivity contribution in [3.63, 3.8) is 0 Å². The van der Waals surface area contributed by atoms with Crippen LogP contribution in [0, 0.1) is 0 Å². The highest BCUT2D eigenvalue weighted by atomic mass is 79.9. The predicted molar refractivity (Wildman–Crippen MR) is 77.2 cm³/mol. The average molecular weight is 321 g/mol. The molecule has 0 spiro atoms. The third-order valence-electron chi connectivity index (χ3n) is 2.47. The van der Waals surface area contributed by atoms with Gasteiger partial charge in [0.05, 0.1) is 6.61 Å². The summed E-state index contributed by atoms with van der Waals surface area (Å²) < 4.78 is 11.8. The second kappa shape index (κ2) is 6.38. The fourth-order valence-electron chi connectivity index (χ4n) is 1.57. The summed E-state index contributed by atoms with van der Waals surface area (Å²) in [5.74, 6) is 2.20. The van der Waals surface area contributed by atoms with E-state index in [0.717, 1.165) is 12.0 Å². The fourth-order valence-corrected chi connectivity index (χ4v) is 2.02. The molecule has 3 nitrogen and oxygen atoms in total. The number of hydrogen-bond donors (Lipinski definition) is 0. The van der Waals surface area contributed by atoms with Gasteiger partial charge in [0, 0.05) is 10.0 Å². The second-order valence-corrected chi connectivity index (χ2v) is 4.66. The van der Waals surface area contributed by atoms with E-state index in [2.05, 4.69) is 15.9 Å². The Labute approximate surface area is 120 Å². The summed E-state index contributed by atoms with van der Waals surface area (Å²) in [6.45, 7) is 2.58. The van der Waals surface area contributed by atoms with E-state index in [-0.39, 0.29) is 0 Å². The highest BCUT2D eigenvalue weighted by Crippen LogP contribution is 2.27. The summed E-state index contributed by atoms with van der Waals surface area (Å²) in [7, 11) is 0. The minimum atomic E-state index is 0.596. The van der Waals surface area contributed by atoms with Crippen LogP contribution in [0.15, 0.2) is 46.9 Å². The van der Waals surface area contributed by atoms with Gasteiger partial charge in [-0.05, 0) is 65.3 Å². The fraction of sp³-hybridized carbons (Fsp3) is 0.133. The van der Waals surface area contributed by atoms with Crippen LogP contribution in [0.1, 0.15) is 17.3 Å². The zero-order valence-electron chi connectivity index (χ0n) is 10.4. The molecule has 0 aliphatic carbocycles. The van der Waals surface area contributed by atoms with E-state index in [0.29, 0.717) is 28.1 Å². The van der Waals surface area contributed by atoms with Crippen molar-refractivity contribution < 1.29 is 14.3 Å². The average Bonchev–Trinajstić information content (AvgIpc) is 2.42. The van der Waals surface area contributed by atoms with Crippen LogP contribution in [0.5, 0.6) is 17.2 Å². The standard InChI is InChI=1S/C15H13BrO3/c1-2-18-12-5-7-13(8-6-12)19-14-4-3-11(10-17)15(16)9-14/h3-10H,2H2,1H3. The molecule has 2 aromatic rings. The maximum atomic E-state index is 10.7. The third-order valence-corrected chi connectivity index (χ3v) is 3.16. The number of hydrogen-bond acceptors (Lipinski definition) is 3. The van der Waals surface area contributed by atoms with Crippen molar-refractivity contribution in [2.24, 2.45) is 0 Å². The van der Waals surface area contributed by atoms with E-state index in [9.17, 15) is 4.79 Å². The van der Waals surface area contributed by atoms with Crippen molar-refractivity contribution in [2.45, 2.75) is 6.92 Å². The molecule has 0 aliphatic heterocycles. The van der Waals surface area contributed by atoms with E-state index in [4.69, 9.17) is 9.47 Å². The first-order valence-corrected chi connectivity index (χ1v) is 6.67. The van der Waals surface area contributed by atoms with Crippen molar-refractivity contribution in [3.05, 3.63) is 52.5 Å². The number of carbonyl (C=O) groups is 1. The normalized spacial score (nSPS) is 10.0. The quantitative estimate of drug-likeness (QED) is 0.763. The predicted octanol–water partition coefficient (Wildman–Crippen LogP) is 4.45. The lowest BCUT2D eigenvalue weighted by atomic mass is 10.2. The lowest BCUT2D eigenvalue weighted by molar-refractivity contribution is 0.112.